The number of benzene rings is 1. The van der Waals surface area contributed by atoms with Gasteiger partial charge >= 0.3 is 0 Å². The summed E-state index contributed by atoms with van der Waals surface area (Å²) in [6, 6.07) is 8.41. The maximum Gasteiger partial charge on any atom is 0.158 e. The van der Waals surface area contributed by atoms with Crippen LogP contribution in [-0.2, 0) is 5.41 Å². The van der Waals surface area contributed by atoms with Gasteiger partial charge in [0.1, 0.15) is 0 Å². The van der Waals surface area contributed by atoms with Crippen LogP contribution in [-0.4, -0.2) is 20.6 Å². The van der Waals surface area contributed by atoms with Crippen molar-refractivity contribution in [1.82, 2.24) is 20.6 Å². The molecule has 78 valence electrons. The number of aryl methyl sites for hydroxylation is 1. The van der Waals surface area contributed by atoms with Gasteiger partial charge in [-0.3, -0.25) is 0 Å². The maximum atomic E-state index is 3.97. The van der Waals surface area contributed by atoms with Crippen LogP contribution in [0.4, 0.5) is 0 Å². The van der Waals surface area contributed by atoms with Crippen molar-refractivity contribution in [3.63, 3.8) is 0 Å². The van der Waals surface area contributed by atoms with Crippen molar-refractivity contribution in [2.75, 3.05) is 0 Å². The Bertz CT molecular complexity index is 428. The van der Waals surface area contributed by atoms with Crippen LogP contribution < -0.4 is 0 Å². The van der Waals surface area contributed by atoms with Crippen LogP contribution in [0.1, 0.15) is 30.8 Å². The molecule has 0 atom stereocenters. The molecule has 15 heavy (non-hydrogen) atoms. The zero-order valence-corrected chi connectivity index (χ0v) is 9.15. The van der Waals surface area contributed by atoms with Crippen molar-refractivity contribution >= 4 is 0 Å². The lowest BCUT2D eigenvalue weighted by molar-refractivity contribution is 0.591. The van der Waals surface area contributed by atoms with E-state index in [1.165, 1.54) is 11.1 Å². The van der Waals surface area contributed by atoms with E-state index in [9.17, 15) is 0 Å². The van der Waals surface area contributed by atoms with Crippen molar-refractivity contribution in [1.29, 1.82) is 0 Å². The van der Waals surface area contributed by atoms with Gasteiger partial charge in [0.2, 0.25) is 0 Å². The van der Waals surface area contributed by atoms with Crippen LogP contribution in [0.2, 0.25) is 0 Å². The Kier molecular flexibility index (Phi) is 2.26. The van der Waals surface area contributed by atoms with Gasteiger partial charge in [0.15, 0.2) is 5.82 Å². The van der Waals surface area contributed by atoms with Gasteiger partial charge in [-0.15, -0.1) is 5.10 Å². The van der Waals surface area contributed by atoms with E-state index in [-0.39, 0.29) is 5.41 Å². The fourth-order valence-electron chi connectivity index (χ4n) is 1.53. The molecule has 0 fully saturated rings. The molecule has 1 aromatic carbocycles. The Labute approximate surface area is 88.7 Å². The fraction of sp³-hybridized carbons (Fsp3) is 0.364. The summed E-state index contributed by atoms with van der Waals surface area (Å²) in [7, 11) is 0. The van der Waals surface area contributed by atoms with E-state index in [0.29, 0.717) is 0 Å². The highest BCUT2D eigenvalue weighted by Crippen LogP contribution is 2.28. The summed E-state index contributed by atoms with van der Waals surface area (Å²) in [6.07, 6.45) is 0. The molecule has 0 bridgehead atoms. The lowest BCUT2D eigenvalue weighted by Crippen LogP contribution is -2.20. The van der Waals surface area contributed by atoms with Crippen molar-refractivity contribution < 1.29 is 0 Å². The van der Waals surface area contributed by atoms with Crippen LogP contribution in [0.3, 0.4) is 0 Å². The molecule has 0 aliphatic carbocycles. The lowest BCUT2D eigenvalue weighted by atomic mass is 9.84. The van der Waals surface area contributed by atoms with E-state index in [1.54, 1.807) is 0 Å². The Balaban J connectivity index is 2.41. The first kappa shape index (κ1) is 9.83. The fourth-order valence-corrected chi connectivity index (χ4v) is 1.53. The van der Waals surface area contributed by atoms with Crippen LogP contribution >= 0.6 is 0 Å². The minimum absolute atomic E-state index is 0.183. The number of nitrogens with one attached hydrogen (secondary N) is 1. The van der Waals surface area contributed by atoms with Gasteiger partial charge in [0.25, 0.3) is 0 Å². The van der Waals surface area contributed by atoms with Gasteiger partial charge in [-0.1, -0.05) is 29.8 Å². The number of rotatable bonds is 2. The van der Waals surface area contributed by atoms with E-state index < -0.39 is 0 Å². The molecule has 0 unspecified atom stereocenters. The van der Waals surface area contributed by atoms with E-state index in [0.717, 1.165) is 5.82 Å². The predicted octanol–water partition coefficient (Wildman–Crippen LogP) is 1.83. The topological polar surface area (TPSA) is 54.5 Å². The maximum absolute atomic E-state index is 3.97. The normalized spacial score (nSPS) is 11.7. The first-order chi connectivity index (χ1) is 7.10. The number of H-pyrrole nitrogens is 1. The molecule has 2 rings (SSSR count). The summed E-state index contributed by atoms with van der Waals surface area (Å²) in [5.41, 5.74) is 2.27. The summed E-state index contributed by atoms with van der Waals surface area (Å²) in [5.74, 6) is 0.784. The third-order valence-electron chi connectivity index (χ3n) is 2.71. The SMILES string of the molecule is Cc1ccc(C(C)(C)c2nnn[nH]2)cc1. The minimum Gasteiger partial charge on any atom is -0.242 e. The monoisotopic (exact) mass is 202 g/mol. The molecule has 4 heteroatoms. The number of hydrogen-bond donors (Lipinski definition) is 1. The quantitative estimate of drug-likeness (QED) is 0.808. The Morgan fingerprint density at radius 2 is 1.80 bits per heavy atom. The average molecular weight is 202 g/mol. The standard InChI is InChI=1S/C11H14N4/c1-8-4-6-9(7-5-8)11(2,3)10-12-14-15-13-10/h4-7H,1-3H3,(H,12,13,14,15). The molecule has 0 saturated heterocycles. The highest BCUT2D eigenvalue weighted by atomic mass is 15.5. The third-order valence-corrected chi connectivity index (χ3v) is 2.71. The Hall–Kier alpha value is -1.71. The van der Waals surface area contributed by atoms with Crippen LogP contribution in [0.15, 0.2) is 24.3 Å². The first-order valence-electron chi connectivity index (χ1n) is 4.92. The summed E-state index contributed by atoms with van der Waals surface area (Å²) in [5, 5.41) is 14.0. The van der Waals surface area contributed by atoms with Gasteiger partial charge in [-0.05, 0) is 36.8 Å². The molecule has 0 aliphatic heterocycles. The van der Waals surface area contributed by atoms with Gasteiger partial charge in [-0.2, -0.15) is 0 Å². The molecule has 0 spiro atoms. The number of tetrazole rings is 1. The van der Waals surface area contributed by atoms with Crippen LogP contribution in [0.5, 0.6) is 0 Å². The summed E-state index contributed by atoms with van der Waals surface area (Å²) in [4.78, 5) is 0. The Morgan fingerprint density at radius 3 is 2.33 bits per heavy atom. The van der Waals surface area contributed by atoms with Gasteiger partial charge in [-0.25, -0.2) is 5.10 Å². The van der Waals surface area contributed by atoms with E-state index in [2.05, 4.69) is 65.7 Å². The molecule has 0 saturated carbocycles. The second-order valence-electron chi connectivity index (χ2n) is 4.24. The third kappa shape index (κ3) is 1.75. The second kappa shape index (κ2) is 3.46. The smallest absolute Gasteiger partial charge is 0.158 e. The molecule has 4 nitrogen and oxygen atoms in total. The van der Waals surface area contributed by atoms with Crippen LogP contribution in [0.25, 0.3) is 0 Å². The predicted molar refractivity (Wildman–Crippen MR) is 57.5 cm³/mol. The van der Waals surface area contributed by atoms with Crippen molar-refractivity contribution in [2.24, 2.45) is 0 Å². The highest BCUT2D eigenvalue weighted by molar-refractivity contribution is 5.32. The van der Waals surface area contributed by atoms with Crippen molar-refractivity contribution in [3.05, 3.63) is 41.2 Å². The van der Waals surface area contributed by atoms with Gasteiger partial charge in [0, 0.05) is 0 Å². The molecule has 0 aliphatic rings. The summed E-state index contributed by atoms with van der Waals surface area (Å²) < 4.78 is 0. The van der Waals surface area contributed by atoms with E-state index >= 15 is 0 Å². The van der Waals surface area contributed by atoms with E-state index in [1.807, 2.05) is 0 Å². The number of aromatic amines is 1. The number of nitrogens with zero attached hydrogens (tertiary/aromatic N) is 3. The highest BCUT2D eigenvalue weighted by Gasteiger charge is 2.26. The lowest BCUT2D eigenvalue weighted by Gasteiger charge is -2.21. The molecule has 1 N–H and O–H groups in total. The molecule has 1 heterocycles. The molecule has 1 aromatic heterocycles. The molecular weight excluding hydrogens is 188 g/mol. The molecule has 0 radical (unpaired) electrons. The molecule has 2 aromatic rings. The van der Waals surface area contributed by atoms with Gasteiger partial charge < -0.3 is 0 Å². The summed E-state index contributed by atoms with van der Waals surface area (Å²) in [6.45, 7) is 6.27. The van der Waals surface area contributed by atoms with E-state index in [4.69, 9.17) is 0 Å². The second-order valence-corrected chi connectivity index (χ2v) is 4.24. The number of aromatic nitrogens is 4. The average Bonchev–Trinajstić information content (AvgIpc) is 2.71. The van der Waals surface area contributed by atoms with Crippen molar-refractivity contribution in [2.45, 2.75) is 26.2 Å². The zero-order chi connectivity index (χ0) is 10.9. The Morgan fingerprint density at radius 1 is 1.13 bits per heavy atom. The van der Waals surface area contributed by atoms with Gasteiger partial charge in [0.05, 0.1) is 5.41 Å². The molecule has 0 amide bonds. The zero-order valence-electron chi connectivity index (χ0n) is 9.15. The molecular formula is C11H14N4. The summed E-state index contributed by atoms with van der Waals surface area (Å²) >= 11 is 0. The van der Waals surface area contributed by atoms with Crippen LogP contribution in [0, 0.1) is 6.92 Å². The number of hydrogen-bond acceptors (Lipinski definition) is 3. The largest absolute Gasteiger partial charge is 0.242 e. The first-order valence-corrected chi connectivity index (χ1v) is 4.92. The minimum atomic E-state index is -0.183. The van der Waals surface area contributed by atoms with Crippen molar-refractivity contribution in [3.8, 4) is 0 Å².